The van der Waals surface area contributed by atoms with Gasteiger partial charge in [-0.2, -0.15) is 12.9 Å². The molecule has 0 unspecified atom stereocenters. The quantitative estimate of drug-likeness (QED) is 0.0360. The lowest BCUT2D eigenvalue weighted by Gasteiger charge is -2.30. The van der Waals surface area contributed by atoms with Gasteiger partial charge in [0.05, 0.1) is 42.9 Å². The average Bonchev–Trinajstić information content (AvgIpc) is 0.861. The van der Waals surface area contributed by atoms with Crippen LogP contribution in [-0.2, 0) is 82.2 Å². The molecule has 0 radical (unpaired) electrons. The van der Waals surface area contributed by atoms with Crippen molar-refractivity contribution in [3.8, 4) is 0 Å². The highest BCUT2D eigenvalue weighted by molar-refractivity contribution is 7.89. The topological polar surface area (TPSA) is 430 Å². The number of rotatable bonds is 52. The van der Waals surface area contributed by atoms with Gasteiger partial charge in [0.15, 0.2) is 5.78 Å². The Morgan fingerprint density at radius 1 is 0.489 bits per heavy atom. The van der Waals surface area contributed by atoms with Gasteiger partial charge in [-0.05, 0) is 112 Å². The maximum absolute atomic E-state index is 14.9. The van der Waals surface area contributed by atoms with Crippen LogP contribution in [0.25, 0.3) is 0 Å². The van der Waals surface area contributed by atoms with Crippen molar-refractivity contribution in [2.75, 3.05) is 90.5 Å². The van der Waals surface area contributed by atoms with E-state index in [2.05, 4.69) is 21.3 Å². The predicted molar refractivity (Wildman–Crippen MR) is 364 cm³/mol. The standard InChI is InChI=1S/C65H106N12O14S3/c1-49(2)37-54(25-13-16-30-66)64(84)72-56(27-15-18-32-68)43-77(94(90,91)48-52-23-11-6-12-24-52)47-62(81)74-59(28-29-63(82)83)60(79)40-53(38-50-19-7-4-8-20-50)42-75(92(86,87)35-33-69)45-58(78)41-55(26-14-17-31-67)65(85)73-57(39-51-21-9-5-10-22-51)44-76(46-61(80)71-3)93(88,89)36-34-70/h4-12,19-24,49,53-57,59H,13-18,25-48,66-70H2,1-3H3,(H,71,80)(H,72,84)(H,73,85)(H,74,81)(H,82,83)/t53-,54-,55-,56+,57+,59+/m1/s1. The summed E-state index contributed by atoms with van der Waals surface area (Å²) in [7, 11) is -11.6. The van der Waals surface area contributed by atoms with Gasteiger partial charge < -0.3 is 55.0 Å². The lowest BCUT2D eigenvalue weighted by Crippen LogP contribution is -2.52. The molecule has 528 valence electrons. The molecule has 0 saturated carbocycles. The van der Waals surface area contributed by atoms with E-state index < -0.39 is 170 Å². The van der Waals surface area contributed by atoms with Crippen LogP contribution in [0.2, 0.25) is 0 Å². The molecule has 0 heterocycles. The van der Waals surface area contributed by atoms with E-state index in [1.807, 2.05) is 13.8 Å². The molecule has 0 aliphatic carbocycles. The number of sulfonamides is 3. The highest BCUT2D eigenvalue weighted by atomic mass is 32.2. The van der Waals surface area contributed by atoms with E-state index in [4.69, 9.17) is 28.7 Å². The first-order chi connectivity index (χ1) is 44.7. The number of benzene rings is 3. The molecule has 94 heavy (non-hydrogen) atoms. The van der Waals surface area contributed by atoms with Crippen LogP contribution in [0.3, 0.4) is 0 Å². The highest BCUT2D eigenvalue weighted by Gasteiger charge is 2.36. The lowest BCUT2D eigenvalue weighted by molar-refractivity contribution is -0.138. The first-order valence-electron chi connectivity index (χ1n) is 32.6. The Bertz CT molecular complexity index is 3120. The third kappa shape index (κ3) is 32.1. The summed E-state index contributed by atoms with van der Waals surface area (Å²) < 4.78 is 87.7. The molecule has 0 aromatic heterocycles. The SMILES string of the molecule is CNC(=O)CN(C[C@H](Cc1ccccc1)NC(=O)[C@H](CCCCN)CC(=O)CN(C[C@@H](CC(=O)[C@H](CCC(=O)O)NC(=O)CN(C[C@H](CCCCN)NC(=O)[C@H](CCCCN)CC(C)C)S(=O)(=O)Cc1ccccc1)Cc1ccccc1)S(=O)(=O)CCN)S(=O)(=O)CCN. The zero-order chi connectivity index (χ0) is 69.7. The second kappa shape index (κ2) is 43.9. The second-order valence-corrected chi connectivity index (χ2v) is 30.6. The molecule has 29 heteroatoms. The van der Waals surface area contributed by atoms with Crippen molar-refractivity contribution in [1.82, 2.24) is 34.2 Å². The molecule has 3 aromatic rings. The zero-order valence-corrected chi connectivity index (χ0v) is 57.6. The molecule has 0 fully saturated rings. The summed E-state index contributed by atoms with van der Waals surface area (Å²) in [6.45, 7) is 1.08. The Hall–Kier alpha value is -6.12. The minimum absolute atomic E-state index is 0.0354. The van der Waals surface area contributed by atoms with Gasteiger partial charge in [-0.1, -0.05) is 124 Å². The third-order valence-electron chi connectivity index (χ3n) is 15.9. The maximum Gasteiger partial charge on any atom is 0.303 e. The van der Waals surface area contributed by atoms with E-state index >= 15 is 0 Å². The summed E-state index contributed by atoms with van der Waals surface area (Å²) in [5.41, 5.74) is 30.8. The van der Waals surface area contributed by atoms with E-state index in [9.17, 15) is 63.9 Å². The number of nitrogens with two attached hydrogens (primary N) is 5. The molecule has 3 rings (SSSR count). The van der Waals surface area contributed by atoms with E-state index in [1.54, 1.807) is 91.0 Å². The summed E-state index contributed by atoms with van der Waals surface area (Å²) in [6, 6.07) is 22.6. The third-order valence-corrected chi connectivity index (χ3v) is 21.3. The molecule has 6 atom stereocenters. The summed E-state index contributed by atoms with van der Waals surface area (Å²) in [5, 5.41) is 21.0. The smallest absolute Gasteiger partial charge is 0.303 e. The van der Waals surface area contributed by atoms with Crippen molar-refractivity contribution in [3.05, 3.63) is 108 Å². The molecule has 15 N–H and O–H groups in total. The minimum atomic E-state index is -4.41. The van der Waals surface area contributed by atoms with E-state index in [0.717, 1.165) is 12.9 Å². The van der Waals surface area contributed by atoms with Crippen LogP contribution in [0.15, 0.2) is 91.0 Å². The number of carbonyl (C=O) groups is 7. The number of aliphatic carboxylic acids is 1. The number of carboxylic acids is 1. The summed E-state index contributed by atoms with van der Waals surface area (Å²) in [4.78, 5) is 97.4. The van der Waals surface area contributed by atoms with Crippen molar-refractivity contribution < 1.29 is 63.9 Å². The van der Waals surface area contributed by atoms with Crippen LogP contribution >= 0.6 is 0 Å². The van der Waals surface area contributed by atoms with Crippen molar-refractivity contribution >= 4 is 71.2 Å². The number of unbranched alkanes of at least 4 members (excludes halogenated alkanes) is 3. The van der Waals surface area contributed by atoms with Crippen molar-refractivity contribution in [2.24, 2.45) is 52.3 Å². The molecule has 0 spiro atoms. The number of amides is 4. The van der Waals surface area contributed by atoms with E-state index in [1.165, 1.54) is 7.05 Å². The number of nitrogens with one attached hydrogen (secondary N) is 4. The van der Waals surface area contributed by atoms with Crippen LogP contribution in [0.4, 0.5) is 0 Å². The van der Waals surface area contributed by atoms with Gasteiger partial charge in [0.25, 0.3) is 0 Å². The largest absolute Gasteiger partial charge is 0.481 e. The van der Waals surface area contributed by atoms with E-state index in [0.29, 0.717) is 87.6 Å². The average molecular weight is 1380 g/mol. The number of likely N-dealkylation sites (N-methyl/N-ethyl adjacent to an activating group) is 1. The monoisotopic (exact) mass is 1370 g/mol. The van der Waals surface area contributed by atoms with E-state index in [-0.39, 0.29) is 63.8 Å². The molecule has 0 bridgehead atoms. The van der Waals surface area contributed by atoms with Crippen LogP contribution < -0.4 is 49.9 Å². The number of hydrogen-bond donors (Lipinski definition) is 10. The fraction of sp³-hybridized carbons (Fsp3) is 0.615. The Morgan fingerprint density at radius 2 is 0.947 bits per heavy atom. The second-order valence-electron chi connectivity index (χ2n) is 24.5. The summed E-state index contributed by atoms with van der Waals surface area (Å²) in [5.74, 6) is -9.15. The van der Waals surface area contributed by atoms with Crippen LogP contribution in [0, 0.1) is 23.7 Å². The van der Waals surface area contributed by atoms with Gasteiger partial charge in [0.1, 0.15) is 5.78 Å². The zero-order valence-electron chi connectivity index (χ0n) is 55.1. The first-order valence-corrected chi connectivity index (χ1v) is 37.4. The van der Waals surface area contributed by atoms with Crippen molar-refractivity contribution in [3.63, 3.8) is 0 Å². The van der Waals surface area contributed by atoms with Gasteiger partial charge in [-0.3, -0.25) is 33.6 Å². The number of carbonyl (C=O) groups excluding carboxylic acids is 6. The van der Waals surface area contributed by atoms with Crippen LogP contribution in [0.5, 0.6) is 0 Å². The number of carboxylic acid groups (broad SMARTS) is 1. The predicted octanol–water partition coefficient (Wildman–Crippen LogP) is 1.75. The molecule has 26 nitrogen and oxygen atoms in total. The van der Waals surface area contributed by atoms with Crippen molar-refractivity contribution in [1.29, 1.82) is 0 Å². The Kier molecular flexibility index (Phi) is 38.3. The maximum atomic E-state index is 14.9. The lowest BCUT2D eigenvalue weighted by atomic mass is 9.90. The minimum Gasteiger partial charge on any atom is -0.481 e. The van der Waals surface area contributed by atoms with Crippen LogP contribution in [0.1, 0.15) is 120 Å². The number of ketones is 2. The van der Waals surface area contributed by atoms with Gasteiger partial charge in [-0.15, -0.1) is 0 Å². The summed E-state index contributed by atoms with van der Waals surface area (Å²) >= 11 is 0. The first kappa shape index (κ1) is 82.1. The van der Waals surface area contributed by atoms with Crippen LogP contribution in [-0.4, -0.2) is 193 Å². The van der Waals surface area contributed by atoms with Gasteiger partial charge >= 0.3 is 5.97 Å². The van der Waals surface area contributed by atoms with Gasteiger partial charge in [-0.25, -0.2) is 25.3 Å². The molecule has 0 aliphatic heterocycles. The fourth-order valence-electron chi connectivity index (χ4n) is 11.1. The molecule has 3 aromatic carbocycles. The normalized spacial score (nSPS) is 14.0. The number of nitrogens with zero attached hydrogens (tertiary/aromatic N) is 3. The Labute approximate surface area is 557 Å². The molecule has 0 saturated heterocycles. The van der Waals surface area contributed by atoms with Crippen molar-refractivity contribution in [2.45, 2.75) is 140 Å². The Morgan fingerprint density at radius 3 is 1.46 bits per heavy atom. The summed E-state index contributed by atoms with van der Waals surface area (Å²) in [6.07, 6.45) is 2.96. The Balaban J connectivity index is 2.07. The fourth-order valence-corrected chi connectivity index (χ4v) is 15.3. The van der Waals surface area contributed by atoms with Gasteiger partial charge in [0.2, 0.25) is 53.7 Å². The molecule has 4 amide bonds. The molecular weight excluding hydrogens is 1270 g/mol. The highest BCUT2D eigenvalue weighted by Crippen LogP contribution is 2.24. The number of Topliss-reactive ketones (excluding diaryl/α,β-unsaturated/α-hetero) is 2. The number of hydrogen-bond acceptors (Lipinski definition) is 18. The molecule has 0 aliphatic rings. The molecular formula is C65H106N12O14S3. The van der Waals surface area contributed by atoms with Gasteiger partial charge in [0, 0.05) is 83.0 Å².